The molecule has 3 nitrogen and oxygen atoms in total. The molecule has 0 aliphatic carbocycles. The van der Waals surface area contributed by atoms with E-state index in [-0.39, 0.29) is 0 Å². The van der Waals surface area contributed by atoms with E-state index in [2.05, 4.69) is 40.7 Å². The highest BCUT2D eigenvalue weighted by atomic mass is 15.1. The Labute approximate surface area is 89.6 Å². The normalized spacial score (nSPS) is 10.6. The summed E-state index contributed by atoms with van der Waals surface area (Å²) < 4.78 is 2.08. The van der Waals surface area contributed by atoms with E-state index in [1.54, 1.807) is 0 Å². The SMILES string of the molecule is Cc1ccc(-n2c(C)cnc2CN)cc1. The van der Waals surface area contributed by atoms with Gasteiger partial charge in [-0.25, -0.2) is 4.98 Å². The molecule has 0 fully saturated rings. The molecular formula is C12H15N3. The highest BCUT2D eigenvalue weighted by Crippen LogP contribution is 2.14. The predicted octanol–water partition coefficient (Wildman–Crippen LogP) is 1.95. The fourth-order valence-corrected chi connectivity index (χ4v) is 1.68. The quantitative estimate of drug-likeness (QED) is 0.807. The number of hydrogen-bond acceptors (Lipinski definition) is 2. The van der Waals surface area contributed by atoms with Crippen LogP contribution in [0.2, 0.25) is 0 Å². The number of hydrogen-bond donors (Lipinski definition) is 1. The van der Waals surface area contributed by atoms with E-state index >= 15 is 0 Å². The van der Waals surface area contributed by atoms with Crippen LogP contribution in [0, 0.1) is 13.8 Å². The fourth-order valence-electron chi connectivity index (χ4n) is 1.68. The summed E-state index contributed by atoms with van der Waals surface area (Å²) in [6.07, 6.45) is 1.85. The van der Waals surface area contributed by atoms with Crippen molar-refractivity contribution in [2.24, 2.45) is 5.73 Å². The van der Waals surface area contributed by atoms with Crippen molar-refractivity contribution < 1.29 is 0 Å². The molecule has 2 rings (SSSR count). The third kappa shape index (κ3) is 1.78. The minimum atomic E-state index is 0.460. The molecule has 78 valence electrons. The Morgan fingerprint density at radius 1 is 1.20 bits per heavy atom. The number of nitrogens with two attached hydrogens (primary N) is 1. The van der Waals surface area contributed by atoms with Gasteiger partial charge in [-0.05, 0) is 26.0 Å². The average molecular weight is 201 g/mol. The van der Waals surface area contributed by atoms with Gasteiger partial charge in [-0.15, -0.1) is 0 Å². The van der Waals surface area contributed by atoms with E-state index in [0.717, 1.165) is 17.2 Å². The van der Waals surface area contributed by atoms with E-state index in [4.69, 9.17) is 5.73 Å². The molecule has 0 spiro atoms. The van der Waals surface area contributed by atoms with Crippen molar-refractivity contribution in [1.29, 1.82) is 0 Å². The Morgan fingerprint density at radius 3 is 2.47 bits per heavy atom. The Hall–Kier alpha value is -1.61. The molecule has 0 unspecified atom stereocenters. The summed E-state index contributed by atoms with van der Waals surface area (Å²) >= 11 is 0. The first-order valence-electron chi connectivity index (χ1n) is 5.02. The Morgan fingerprint density at radius 2 is 1.87 bits per heavy atom. The van der Waals surface area contributed by atoms with Gasteiger partial charge in [-0.2, -0.15) is 0 Å². The molecule has 2 aromatic rings. The molecule has 0 atom stereocenters. The Balaban J connectivity index is 2.52. The maximum Gasteiger partial charge on any atom is 0.127 e. The van der Waals surface area contributed by atoms with Crippen molar-refractivity contribution in [3.63, 3.8) is 0 Å². The van der Waals surface area contributed by atoms with Crippen molar-refractivity contribution in [2.45, 2.75) is 20.4 Å². The number of nitrogens with zero attached hydrogens (tertiary/aromatic N) is 2. The van der Waals surface area contributed by atoms with Crippen LogP contribution in [0.5, 0.6) is 0 Å². The van der Waals surface area contributed by atoms with Crippen LogP contribution in [-0.2, 0) is 6.54 Å². The molecule has 0 aliphatic heterocycles. The lowest BCUT2D eigenvalue weighted by Crippen LogP contribution is -2.07. The van der Waals surface area contributed by atoms with Gasteiger partial charge in [0.2, 0.25) is 0 Å². The van der Waals surface area contributed by atoms with E-state index in [1.807, 2.05) is 13.1 Å². The zero-order chi connectivity index (χ0) is 10.8. The first-order valence-corrected chi connectivity index (χ1v) is 5.02. The van der Waals surface area contributed by atoms with E-state index in [0.29, 0.717) is 6.54 Å². The van der Waals surface area contributed by atoms with Crippen LogP contribution >= 0.6 is 0 Å². The lowest BCUT2D eigenvalue weighted by atomic mass is 10.2. The molecule has 0 saturated carbocycles. The van der Waals surface area contributed by atoms with Gasteiger partial charge < -0.3 is 5.73 Å². The van der Waals surface area contributed by atoms with Crippen LogP contribution < -0.4 is 5.73 Å². The van der Waals surface area contributed by atoms with Crippen LogP contribution in [0.15, 0.2) is 30.5 Å². The van der Waals surface area contributed by atoms with E-state index in [9.17, 15) is 0 Å². The molecule has 1 aromatic heterocycles. The van der Waals surface area contributed by atoms with Crippen molar-refractivity contribution >= 4 is 0 Å². The standard InChI is InChI=1S/C12H15N3/c1-9-3-5-11(6-4-9)15-10(2)8-14-12(15)7-13/h3-6,8H,7,13H2,1-2H3. The summed E-state index contributed by atoms with van der Waals surface area (Å²) in [6.45, 7) is 4.57. The van der Waals surface area contributed by atoms with Gasteiger partial charge in [-0.3, -0.25) is 4.57 Å². The number of aryl methyl sites for hydroxylation is 2. The number of benzene rings is 1. The number of rotatable bonds is 2. The van der Waals surface area contributed by atoms with Gasteiger partial charge in [0.25, 0.3) is 0 Å². The Kier molecular flexibility index (Phi) is 2.56. The van der Waals surface area contributed by atoms with E-state index in [1.165, 1.54) is 5.56 Å². The maximum absolute atomic E-state index is 5.65. The molecule has 15 heavy (non-hydrogen) atoms. The summed E-state index contributed by atoms with van der Waals surface area (Å²) in [5.41, 5.74) is 9.14. The summed E-state index contributed by atoms with van der Waals surface area (Å²) in [6, 6.07) is 8.36. The first kappa shape index (κ1) is 9.93. The van der Waals surface area contributed by atoms with Gasteiger partial charge in [0.05, 0.1) is 6.54 Å². The summed E-state index contributed by atoms with van der Waals surface area (Å²) in [4.78, 5) is 4.27. The molecule has 0 aliphatic rings. The average Bonchev–Trinajstić information content (AvgIpc) is 2.61. The third-order valence-corrected chi connectivity index (χ3v) is 2.49. The third-order valence-electron chi connectivity index (χ3n) is 2.49. The molecule has 0 bridgehead atoms. The van der Waals surface area contributed by atoms with Crippen molar-refractivity contribution in [3.05, 3.63) is 47.5 Å². The van der Waals surface area contributed by atoms with Gasteiger partial charge in [-0.1, -0.05) is 17.7 Å². The van der Waals surface area contributed by atoms with Crippen LogP contribution in [0.1, 0.15) is 17.1 Å². The summed E-state index contributed by atoms with van der Waals surface area (Å²) in [7, 11) is 0. The molecule has 0 amide bonds. The molecule has 0 radical (unpaired) electrons. The van der Waals surface area contributed by atoms with Crippen LogP contribution in [0.25, 0.3) is 5.69 Å². The van der Waals surface area contributed by atoms with Gasteiger partial charge in [0, 0.05) is 17.6 Å². The highest BCUT2D eigenvalue weighted by Gasteiger charge is 2.06. The lowest BCUT2D eigenvalue weighted by molar-refractivity contribution is 0.851. The second-order valence-electron chi connectivity index (χ2n) is 3.69. The second kappa shape index (κ2) is 3.87. The topological polar surface area (TPSA) is 43.8 Å². The fraction of sp³-hybridized carbons (Fsp3) is 0.250. The van der Waals surface area contributed by atoms with Gasteiger partial charge in [0.1, 0.15) is 5.82 Å². The Bertz CT molecular complexity index is 454. The van der Waals surface area contributed by atoms with Crippen molar-refractivity contribution in [1.82, 2.24) is 9.55 Å². The number of aromatic nitrogens is 2. The van der Waals surface area contributed by atoms with Crippen LogP contribution in [-0.4, -0.2) is 9.55 Å². The molecular weight excluding hydrogens is 186 g/mol. The summed E-state index contributed by atoms with van der Waals surface area (Å²) in [5.74, 6) is 0.899. The minimum absolute atomic E-state index is 0.460. The predicted molar refractivity (Wildman–Crippen MR) is 60.9 cm³/mol. The van der Waals surface area contributed by atoms with Gasteiger partial charge in [0.15, 0.2) is 0 Å². The minimum Gasteiger partial charge on any atom is -0.324 e. The van der Waals surface area contributed by atoms with Crippen molar-refractivity contribution in [3.8, 4) is 5.69 Å². The smallest absolute Gasteiger partial charge is 0.127 e. The van der Waals surface area contributed by atoms with Gasteiger partial charge >= 0.3 is 0 Å². The first-order chi connectivity index (χ1) is 7.22. The zero-order valence-electron chi connectivity index (χ0n) is 9.07. The van der Waals surface area contributed by atoms with Crippen LogP contribution in [0.3, 0.4) is 0 Å². The van der Waals surface area contributed by atoms with Crippen LogP contribution in [0.4, 0.5) is 0 Å². The van der Waals surface area contributed by atoms with E-state index < -0.39 is 0 Å². The second-order valence-corrected chi connectivity index (χ2v) is 3.69. The highest BCUT2D eigenvalue weighted by molar-refractivity contribution is 5.37. The molecule has 1 heterocycles. The zero-order valence-corrected chi connectivity index (χ0v) is 9.07. The molecule has 2 N–H and O–H groups in total. The summed E-state index contributed by atoms with van der Waals surface area (Å²) in [5, 5.41) is 0. The van der Waals surface area contributed by atoms with Crippen molar-refractivity contribution in [2.75, 3.05) is 0 Å². The largest absolute Gasteiger partial charge is 0.324 e. The molecule has 3 heteroatoms. The number of imidazole rings is 1. The maximum atomic E-state index is 5.65. The molecule has 0 saturated heterocycles. The monoisotopic (exact) mass is 201 g/mol. The molecule has 1 aromatic carbocycles. The lowest BCUT2D eigenvalue weighted by Gasteiger charge is -2.09.